The quantitative estimate of drug-likeness (QED) is 0.769. The molecule has 1 aliphatic rings. The molecule has 1 aliphatic heterocycles. The SMILES string of the molecule is CCN1CCCC(N(CC)CC(=O)O)CC1. The molecule has 94 valence electrons. The van der Waals surface area contributed by atoms with E-state index in [4.69, 9.17) is 5.11 Å². The lowest BCUT2D eigenvalue weighted by molar-refractivity contribution is -0.138. The van der Waals surface area contributed by atoms with Gasteiger partial charge in [0, 0.05) is 6.04 Å². The number of nitrogens with zero attached hydrogens (tertiary/aromatic N) is 2. The molecule has 4 nitrogen and oxygen atoms in total. The zero-order valence-electron chi connectivity index (χ0n) is 10.5. The molecule has 0 spiro atoms. The van der Waals surface area contributed by atoms with E-state index in [2.05, 4.69) is 16.7 Å². The minimum absolute atomic E-state index is 0.188. The van der Waals surface area contributed by atoms with Gasteiger partial charge >= 0.3 is 5.97 Å². The molecule has 0 saturated carbocycles. The monoisotopic (exact) mass is 228 g/mol. The molecule has 0 aliphatic carbocycles. The summed E-state index contributed by atoms with van der Waals surface area (Å²) >= 11 is 0. The second-order valence-electron chi connectivity index (χ2n) is 4.48. The number of hydrogen-bond acceptors (Lipinski definition) is 3. The van der Waals surface area contributed by atoms with E-state index in [0.29, 0.717) is 6.04 Å². The molecule has 0 amide bonds. The standard InChI is InChI=1S/C12H24N2O2/c1-3-13-8-5-6-11(7-9-13)14(4-2)10-12(15)16/h11H,3-10H2,1-2H3,(H,15,16). The summed E-state index contributed by atoms with van der Waals surface area (Å²) in [6.07, 6.45) is 3.43. The predicted molar refractivity (Wildman–Crippen MR) is 64.6 cm³/mol. The summed E-state index contributed by atoms with van der Waals surface area (Å²) in [7, 11) is 0. The summed E-state index contributed by atoms with van der Waals surface area (Å²) in [6, 6.07) is 0.456. The Hall–Kier alpha value is -0.610. The van der Waals surface area contributed by atoms with Crippen LogP contribution in [0.3, 0.4) is 0 Å². The topological polar surface area (TPSA) is 43.8 Å². The van der Waals surface area contributed by atoms with Crippen LogP contribution in [0.5, 0.6) is 0 Å². The van der Waals surface area contributed by atoms with E-state index in [9.17, 15) is 4.79 Å². The van der Waals surface area contributed by atoms with Gasteiger partial charge in [-0.05, 0) is 45.4 Å². The van der Waals surface area contributed by atoms with Crippen LogP contribution in [0.25, 0.3) is 0 Å². The van der Waals surface area contributed by atoms with Gasteiger partial charge in [-0.25, -0.2) is 0 Å². The van der Waals surface area contributed by atoms with Crippen molar-refractivity contribution in [3.05, 3.63) is 0 Å². The average molecular weight is 228 g/mol. The van der Waals surface area contributed by atoms with Crippen LogP contribution in [0.15, 0.2) is 0 Å². The van der Waals surface area contributed by atoms with E-state index < -0.39 is 5.97 Å². The van der Waals surface area contributed by atoms with Crippen molar-refractivity contribution in [1.29, 1.82) is 0 Å². The molecule has 0 bridgehead atoms. The number of likely N-dealkylation sites (N-methyl/N-ethyl adjacent to an activating group) is 1. The molecule has 1 unspecified atom stereocenters. The Morgan fingerprint density at radius 1 is 1.38 bits per heavy atom. The molecule has 1 atom stereocenters. The zero-order valence-corrected chi connectivity index (χ0v) is 10.5. The first kappa shape index (κ1) is 13.5. The Labute approximate surface area is 98.2 Å². The summed E-state index contributed by atoms with van der Waals surface area (Å²) in [5.41, 5.74) is 0. The second-order valence-corrected chi connectivity index (χ2v) is 4.48. The highest BCUT2D eigenvalue weighted by atomic mass is 16.4. The second kappa shape index (κ2) is 6.86. The molecule has 16 heavy (non-hydrogen) atoms. The number of carboxylic acid groups (broad SMARTS) is 1. The van der Waals surface area contributed by atoms with Crippen LogP contribution in [0, 0.1) is 0 Å². The third kappa shape index (κ3) is 4.10. The van der Waals surface area contributed by atoms with Crippen molar-refractivity contribution in [2.45, 2.75) is 39.2 Å². The van der Waals surface area contributed by atoms with Gasteiger partial charge in [0.2, 0.25) is 0 Å². The normalized spacial score (nSPS) is 23.3. The lowest BCUT2D eigenvalue weighted by atomic mass is 10.1. The highest BCUT2D eigenvalue weighted by Gasteiger charge is 2.22. The first-order valence-corrected chi connectivity index (χ1v) is 6.35. The lowest BCUT2D eigenvalue weighted by Gasteiger charge is -2.28. The van der Waals surface area contributed by atoms with Gasteiger partial charge in [-0.3, -0.25) is 9.69 Å². The van der Waals surface area contributed by atoms with Crippen molar-refractivity contribution >= 4 is 5.97 Å². The van der Waals surface area contributed by atoms with Gasteiger partial charge in [-0.15, -0.1) is 0 Å². The van der Waals surface area contributed by atoms with E-state index in [-0.39, 0.29) is 6.54 Å². The van der Waals surface area contributed by atoms with E-state index in [1.54, 1.807) is 0 Å². The van der Waals surface area contributed by atoms with Gasteiger partial charge in [0.15, 0.2) is 0 Å². The highest BCUT2D eigenvalue weighted by molar-refractivity contribution is 5.69. The summed E-state index contributed by atoms with van der Waals surface area (Å²) in [5, 5.41) is 8.86. The zero-order chi connectivity index (χ0) is 12.0. The molecular weight excluding hydrogens is 204 g/mol. The lowest BCUT2D eigenvalue weighted by Crippen LogP contribution is -2.39. The van der Waals surface area contributed by atoms with Crippen LogP contribution < -0.4 is 0 Å². The summed E-state index contributed by atoms with van der Waals surface area (Å²) in [4.78, 5) is 15.3. The van der Waals surface area contributed by atoms with Gasteiger partial charge in [-0.1, -0.05) is 13.8 Å². The Morgan fingerprint density at radius 2 is 2.12 bits per heavy atom. The maximum absolute atomic E-state index is 10.8. The molecule has 1 fully saturated rings. The van der Waals surface area contributed by atoms with E-state index in [1.165, 1.54) is 6.42 Å². The molecule has 1 heterocycles. The number of carboxylic acids is 1. The first-order chi connectivity index (χ1) is 7.67. The molecule has 1 N–H and O–H groups in total. The van der Waals surface area contributed by atoms with Gasteiger partial charge in [0.1, 0.15) is 0 Å². The van der Waals surface area contributed by atoms with Crippen molar-refractivity contribution < 1.29 is 9.90 Å². The minimum Gasteiger partial charge on any atom is -0.480 e. The smallest absolute Gasteiger partial charge is 0.317 e. The summed E-state index contributed by atoms with van der Waals surface area (Å²) in [5.74, 6) is -0.710. The Bertz CT molecular complexity index is 221. The van der Waals surface area contributed by atoms with Crippen molar-refractivity contribution in [3.8, 4) is 0 Å². The van der Waals surface area contributed by atoms with E-state index in [0.717, 1.165) is 39.0 Å². The fraction of sp³-hybridized carbons (Fsp3) is 0.917. The fourth-order valence-electron chi connectivity index (χ4n) is 2.49. The number of likely N-dealkylation sites (tertiary alicyclic amines) is 1. The van der Waals surface area contributed by atoms with Crippen LogP contribution in [-0.2, 0) is 4.79 Å². The predicted octanol–water partition coefficient (Wildman–Crippen LogP) is 1.27. The van der Waals surface area contributed by atoms with Crippen LogP contribution in [0.1, 0.15) is 33.1 Å². The van der Waals surface area contributed by atoms with Gasteiger partial charge in [0.05, 0.1) is 6.54 Å². The van der Waals surface area contributed by atoms with Crippen molar-refractivity contribution in [2.75, 3.05) is 32.7 Å². The maximum atomic E-state index is 10.8. The largest absolute Gasteiger partial charge is 0.480 e. The summed E-state index contributed by atoms with van der Waals surface area (Å²) < 4.78 is 0. The Morgan fingerprint density at radius 3 is 2.69 bits per heavy atom. The van der Waals surface area contributed by atoms with E-state index >= 15 is 0 Å². The van der Waals surface area contributed by atoms with Crippen LogP contribution >= 0.6 is 0 Å². The van der Waals surface area contributed by atoms with Crippen molar-refractivity contribution in [2.24, 2.45) is 0 Å². The van der Waals surface area contributed by atoms with Crippen LogP contribution in [0.4, 0.5) is 0 Å². The molecule has 1 rings (SSSR count). The number of aliphatic carboxylic acids is 1. The molecule has 4 heteroatoms. The maximum Gasteiger partial charge on any atom is 0.317 e. The van der Waals surface area contributed by atoms with Gasteiger partial charge in [-0.2, -0.15) is 0 Å². The Kier molecular flexibility index (Phi) is 5.77. The molecule has 0 radical (unpaired) electrons. The highest BCUT2D eigenvalue weighted by Crippen LogP contribution is 2.16. The molecule has 0 aromatic heterocycles. The summed E-state index contributed by atoms with van der Waals surface area (Å²) in [6.45, 7) is 8.64. The first-order valence-electron chi connectivity index (χ1n) is 6.35. The molecular formula is C12H24N2O2. The van der Waals surface area contributed by atoms with Crippen molar-refractivity contribution in [1.82, 2.24) is 9.80 Å². The fourth-order valence-corrected chi connectivity index (χ4v) is 2.49. The number of rotatable bonds is 5. The van der Waals surface area contributed by atoms with Gasteiger partial charge in [0.25, 0.3) is 0 Å². The number of hydrogen-bond donors (Lipinski definition) is 1. The third-order valence-corrected chi connectivity index (χ3v) is 3.50. The number of carbonyl (C=O) groups is 1. The molecule has 0 aromatic rings. The average Bonchev–Trinajstić information content (AvgIpc) is 2.50. The van der Waals surface area contributed by atoms with Crippen molar-refractivity contribution in [3.63, 3.8) is 0 Å². The van der Waals surface area contributed by atoms with Gasteiger partial charge < -0.3 is 10.0 Å². The molecule has 1 saturated heterocycles. The third-order valence-electron chi connectivity index (χ3n) is 3.50. The molecule has 0 aromatic carbocycles. The minimum atomic E-state index is -0.710. The van der Waals surface area contributed by atoms with Crippen LogP contribution in [-0.4, -0.2) is 59.6 Å². The van der Waals surface area contributed by atoms with E-state index in [1.807, 2.05) is 6.92 Å². The van der Waals surface area contributed by atoms with Crippen LogP contribution in [0.2, 0.25) is 0 Å². The Balaban J connectivity index is 2.47.